The van der Waals surface area contributed by atoms with Crippen LogP contribution in [0, 0.1) is 0 Å². The minimum Gasteiger partial charge on any atom is -0.354 e. The molecule has 1 fully saturated rings. The topological polar surface area (TPSA) is 66.4 Å². The average molecular weight is 484 g/mol. The Morgan fingerprint density at radius 1 is 1.46 bits per heavy atom. The Morgan fingerprint density at radius 3 is 2.88 bits per heavy atom. The molecule has 24 heavy (non-hydrogen) atoms. The molecule has 0 aliphatic heterocycles. The van der Waals surface area contributed by atoms with E-state index in [1.807, 2.05) is 6.92 Å². The van der Waals surface area contributed by atoms with Gasteiger partial charge in [0, 0.05) is 40.3 Å². The van der Waals surface area contributed by atoms with Crippen LogP contribution in [0.25, 0.3) is 0 Å². The van der Waals surface area contributed by atoms with Gasteiger partial charge in [-0.15, -0.1) is 35.3 Å². The molecule has 138 valence electrons. The highest BCUT2D eigenvalue weighted by molar-refractivity contribution is 14.0. The van der Waals surface area contributed by atoms with E-state index in [0.29, 0.717) is 17.8 Å². The van der Waals surface area contributed by atoms with Gasteiger partial charge in [-0.3, -0.25) is 9.20 Å². The van der Waals surface area contributed by atoms with Crippen molar-refractivity contribution >= 4 is 52.1 Å². The summed E-state index contributed by atoms with van der Waals surface area (Å²) in [6.45, 7) is 4.82. The lowest BCUT2D eigenvalue weighted by Crippen LogP contribution is -2.46. The second-order valence-corrected chi connectivity index (χ2v) is 8.76. The molecule has 0 amide bonds. The maximum absolute atomic E-state index is 12.0. The second-order valence-electron chi connectivity index (χ2n) is 5.81. The van der Waals surface area contributed by atoms with Crippen LogP contribution in [0.15, 0.2) is 10.4 Å². The number of halogens is 1. The maximum atomic E-state index is 12.0. The number of hydrogen-bond donors (Lipinski definition) is 2. The number of guanidine groups is 1. The third kappa shape index (κ3) is 6.59. The van der Waals surface area contributed by atoms with Crippen LogP contribution in [-0.4, -0.2) is 39.2 Å². The minimum atomic E-state index is -0.692. The quantitative estimate of drug-likeness (QED) is 0.370. The van der Waals surface area contributed by atoms with Gasteiger partial charge in [-0.1, -0.05) is 20.3 Å². The first-order chi connectivity index (χ1) is 11.2. The van der Waals surface area contributed by atoms with E-state index in [1.165, 1.54) is 5.01 Å². The van der Waals surface area contributed by atoms with Crippen LogP contribution < -0.4 is 10.6 Å². The van der Waals surface area contributed by atoms with E-state index < -0.39 is 10.8 Å². The Morgan fingerprint density at radius 2 is 2.25 bits per heavy atom. The van der Waals surface area contributed by atoms with Crippen molar-refractivity contribution < 1.29 is 4.21 Å². The number of aryl methyl sites for hydroxylation is 1. The lowest BCUT2D eigenvalue weighted by Gasteiger charge is -2.30. The Balaban J connectivity index is 0.00000288. The molecule has 1 aromatic heterocycles. The summed E-state index contributed by atoms with van der Waals surface area (Å²) in [6, 6.07) is 0.358. The van der Waals surface area contributed by atoms with Crippen molar-refractivity contribution in [1.29, 1.82) is 0 Å². The van der Waals surface area contributed by atoms with Gasteiger partial charge >= 0.3 is 0 Å². The molecule has 1 aromatic rings. The summed E-state index contributed by atoms with van der Waals surface area (Å²) in [6.07, 6.45) is 5.29. The molecule has 3 unspecified atom stereocenters. The molecule has 0 spiro atoms. The third-order valence-electron chi connectivity index (χ3n) is 4.19. The summed E-state index contributed by atoms with van der Waals surface area (Å²) in [5, 5.41) is 10.4. The summed E-state index contributed by atoms with van der Waals surface area (Å²) >= 11 is 1.71. The number of nitrogens with zero attached hydrogens (tertiary/aromatic N) is 2. The van der Waals surface area contributed by atoms with E-state index in [9.17, 15) is 4.21 Å². The largest absolute Gasteiger partial charge is 0.354 e. The van der Waals surface area contributed by atoms with Crippen molar-refractivity contribution in [3.05, 3.63) is 16.1 Å². The third-order valence-corrected chi connectivity index (χ3v) is 6.97. The van der Waals surface area contributed by atoms with Gasteiger partial charge in [-0.2, -0.15) is 0 Å². The van der Waals surface area contributed by atoms with Crippen LogP contribution >= 0.6 is 35.3 Å². The van der Waals surface area contributed by atoms with Crippen LogP contribution in [0.5, 0.6) is 0 Å². The SMILES string of the molecule is CCc1nc(CNC(=NC)NC2CCCC(S(=O)CC)C2)cs1.I. The molecular formula is C16H29IN4OS2. The lowest BCUT2D eigenvalue weighted by molar-refractivity contribution is 0.413. The van der Waals surface area contributed by atoms with Crippen molar-refractivity contribution in [2.24, 2.45) is 4.99 Å². The summed E-state index contributed by atoms with van der Waals surface area (Å²) < 4.78 is 12.0. The van der Waals surface area contributed by atoms with Gasteiger partial charge in [0.25, 0.3) is 0 Å². The molecule has 8 heteroatoms. The number of aromatic nitrogens is 1. The molecule has 1 aliphatic carbocycles. The zero-order valence-electron chi connectivity index (χ0n) is 14.7. The summed E-state index contributed by atoms with van der Waals surface area (Å²) in [7, 11) is 1.10. The highest BCUT2D eigenvalue weighted by Crippen LogP contribution is 2.23. The molecule has 1 saturated carbocycles. The van der Waals surface area contributed by atoms with E-state index in [2.05, 4.69) is 32.9 Å². The van der Waals surface area contributed by atoms with Crippen LogP contribution in [0.3, 0.4) is 0 Å². The van der Waals surface area contributed by atoms with Crippen LogP contribution in [0.1, 0.15) is 50.2 Å². The predicted octanol–water partition coefficient (Wildman–Crippen LogP) is 3.07. The molecule has 5 nitrogen and oxygen atoms in total. The van der Waals surface area contributed by atoms with E-state index in [-0.39, 0.29) is 24.0 Å². The first-order valence-electron chi connectivity index (χ1n) is 8.43. The van der Waals surface area contributed by atoms with Gasteiger partial charge in [-0.05, 0) is 25.7 Å². The number of rotatable bonds is 6. The summed E-state index contributed by atoms with van der Waals surface area (Å²) in [4.78, 5) is 8.87. The highest BCUT2D eigenvalue weighted by atomic mass is 127. The fourth-order valence-corrected chi connectivity index (χ4v) is 5.00. The summed E-state index contributed by atoms with van der Waals surface area (Å²) in [5.41, 5.74) is 1.06. The molecule has 3 atom stereocenters. The molecule has 0 radical (unpaired) electrons. The van der Waals surface area contributed by atoms with Crippen molar-refractivity contribution in [2.45, 2.75) is 63.8 Å². The van der Waals surface area contributed by atoms with Gasteiger partial charge in [0.1, 0.15) is 0 Å². The normalized spacial score (nSPS) is 22.5. The predicted molar refractivity (Wildman–Crippen MR) is 115 cm³/mol. The van der Waals surface area contributed by atoms with Crippen molar-refractivity contribution in [3.63, 3.8) is 0 Å². The van der Waals surface area contributed by atoms with Gasteiger partial charge in [0.2, 0.25) is 0 Å². The Kier molecular flexibility index (Phi) is 10.4. The lowest BCUT2D eigenvalue weighted by atomic mass is 9.95. The average Bonchev–Trinajstić information content (AvgIpc) is 3.06. The van der Waals surface area contributed by atoms with E-state index in [0.717, 1.165) is 49.5 Å². The number of hydrogen-bond acceptors (Lipinski definition) is 4. The summed E-state index contributed by atoms with van der Waals surface area (Å²) in [5.74, 6) is 1.57. The second kappa shape index (κ2) is 11.4. The standard InChI is InChI=1S/C16H28N4OS2.HI/c1-4-15-19-13(11-22-15)10-18-16(17-3)20-12-7-6-8-14(9-12)23(21)5-2;/h11-12,14H,4-10H2,1-3H3,(H2,17,18,20);1H. The first kappa shape index (κ1) is 21.8. The highest BCUT2D eigenvalue weighted by Gasteiger charge is 2.26. The molecule has 0 bridgehead atoms. The zero-order valence-corrected chi connectivity index (χ0v) is 18.7. The van der Waals surface area contributed by atoms with Gasteiger partial charge in [0.05, 0.1) is 17.2 Å². The van der Waals surface area contributed by atoms with E-state index in [4.69, 9.17) is 0 Å². The molecule has 2 rings (SSSR count). The fraction of sp³-hybridized carbons (Fsp3) is 0.750. The molecule has 1 aliphatic rings. The van der Waals surface area contributed by atoms with Crippen LogP contribution in [0.2, 0.25) is 0 Å². The smallest absolute Gasteiger partial charge is 0.191 e. The Hall–Kier alpha value is -0.220. The number of nitrogens with one attached hydrogen (secondary N) is 2. The maximum Gasteiger partial charge on any atom is 0.191 e. The molecule has 0 saturated heterocycles. The van der Waals surface area contributed by atoms with Gasteiger partial charge < -0.3 is 10.6 Å². The molecular weight excluding hydrogens is 455 g/mol. The Labute approximate surface area is 169 Å². The molecule has 2 N–H and O–H groups in total. The van der Waals surface area contributed by atoms with Crippen molar-refractivity contribution in [2.75, 3.05) is 12.8 Å². The first-order valence-corrected chi connectivity index (χ1v) is 10.7. The fourth-order valence-electron chi connectivity index (χ4n) is 2.91. The van der Waals surface area contributed by atoms with Crippen LogP contribution in [-0.2, 0) is 23.8 Å². The van der Waals surface area contributed by atoms with Crippen LogP contribution in [0.4, 0.5) is 0 Å². The van der Waals surface area contributed by atoms with Crippen molar-refractivity contribution in [3.8, 4) is 0 Å². The Bertz CT molecular complexity index is 550. The minimum absolute atomic E-state index is 0. The molecule has 0 aromatic carbocycles. The van der Waals surface area contributed by atoms with Crippen molar-refractivity contribution in [1.82, 2.24) is 15.6 Å². The monoisotopic (exact) mass is 484 g/mol. The number of aliphatic imine (C=N–C) groups is 1. The molecule has 1 heterocycles. The number of thiazole rings is 1. The van der Waals surface area contributed by atoms with Gasteiger partial charge in [-0.25, -0.2) is 4.98 Å². The van der Waals surface area contributed by atoms with E-state index in [1.54, 1.807) is 18.4 Å². The van der Waals surface area contributed by atoms with Gasteiger partial charge in [0.15, 0.2) is 5.96 Å². The van der Waals surface area contributed by atoms with E-state index >= 15 is 0 Å². The zero-order chi connectivity index (χ0) is 16.7.